The molecule has 4 rings (SSSR count). The van der Waals surface area contributed by atoms with E-state index in [2.05, 4.69) is 15.3 Å². The van der Waals surface area contributed by atoms with Gasteiger partial charge in [0.05, 0.1) is 18.6 Å². The zero-order chi connectivity index (χ0) is 18.1. The average molecular weight is 356 g/mol. The Hall–Kier alpha value is -3.23. The maximum absolute atomic E-state index is 12.9. The molecule has 0 unspecified atom stereocenters. The predicted molar refractivity (Wildman–Crippen MR) is 88.9 cm³/mol. The molecule has 0 bridgehead atoms. The summed E-state index contributed by atoms with van der Waals surface area (Å²) in [6, 6.07) is 5.90. The van der Waals surface area contributed by atoms with Crippen molar-refractivity contribution >= 4 is 5.91 Å². The lowest BCUT2D eigenvalue weighted by Gasteiger charge is -2.38. The van der Waals surface area contributed by atoms with Crippen molar-refractivity contribution in [2.24, 2.45) is 7.05 Å². The number of rotatable bonds is 5. The van der Waals surface area contributed by atoms with Crippen molar-refractivity contribution in [3.8, 4) is 5.75 Å². The Labute approximate surface area is 148 Å². The number of aryl methyl sites for hydroxylation is 1. The fourth-order valence-corrected chi connectivity index (χ4v) is 2.72. The number of benzene rings is 1. The zero-order valence-corrected chi connectivity index (χ0v) is 14.1. The quantitative estimate of drug-likeness (QED) is 0.691. The van der Waals surface area contributed by atoms with Gasteiger partial charge in [0.2, 0.25) is 0 Å². The van der Waals surface area contributed by atoms with Crippen LogP contribution in [0.5, 0.6) is 5.75 Å². The molecular formula is C17H17FN6O2. The minimum atomic E-state index is -0.307. The molecule has 3 aromatic rings. The van der Waals surface area contributed by atoms with Gasteiger partial charge in [-0.3, -0.25) is 4.79 Å². The molecule has 3 heterocycles. The van der Waals surface area contributed by atoms with Gasteiger partial charge in [-0.05, 0) is 24.3 Å². The molecule has 0 N–H and O–H groups in total. The molecule has 1 fully saturated rings. The largest absolute Gasteiger partial charge is 0.487 e. The maximum Gasteiger partial charge on any atom is 0.274 e. The van der Waals surface area contributed by atoms with E-state index < -0.39 is 0 Å². The minimum Gasteiger partial charge on any atom is -0.487 e. The summed E-state index contributed by atoms with van der Waals surface area (Å²) in [5.41, 5.74) is 1.11. The number of halogens is 1. The molecule has 9 heteroatoms. The first-order valence-corrected chi connectivity index (χ1v) is 8.15. The van der Waals surface area contributed by atoms with E-state index in [9.17, 15) is 9.18 Å². The first-order valence-electron chi connectivity index (χ1n) is 8.15. The Kier molecular flexibility index (Phi) is 4.11. The highest BCUT2D eigenvalue weighted by Crippen LogP contribution is 2.22. The molecule has 0 atom stereocenters. The maximum atomic E-state index is 12.9. The van der Waals surface area contributed by atoms with Gasteiger partial charge in [0.25, 0.3) is 5.91 Å². The molecule has 1 aliphatic rings. The average Bonchev–Trinajstić information content (AvgIpc) is 3.22. The summed E-state index contributed by atoms with van der Waals surface area (Å²) in [4.78, 5) is 18.1. The highest BCUT2D eigenvalue weighted by molar-refractivity contribution is 5.92. The van der Waals surface area contributed by atoms with Crippen molar-refractivity contribution < 1.29 is 13.9 Å². The van der Waals surface area contributed by atoms with Gasteiger partial charge in [-0.2, -0.15) is 0 Å². The lowest BCUT2D eigenvalue weighted by molar-refractivity contribution is 0.0493. The number of ether oxygens (including phenoxy) is 1. The predicted octanol–water partition coefficient (Wildman–Crippen LogP) is 1.43. The first-order chi connectivity index (χ1) is 12.6. The van der Waals surface area contributed by atoms with Crippen LogP contribution in [0, 0.1) is 5.82 Å². The fraction of sp³-hybridized carbons (Fsp3) is 0.294. The van der Waals surface area contributed by atoms with Crippen LogP contribution in [0.1, 0.15) is 22.2 Å². The van der Waals surface area contributed by atoms with E-state index in [0.717, 1.165) is 0 Å². The standard InChI is InChI=1S/C17H17FN6O2/c1-22-9-16(19-11-22)17(25)23-7-14(8-23)24-6-13(20-21-24)10-26-15-4-2-12(18)3-5-15/h2-6,9,11,14H,7-8,10H2,1H3. The van der Waals surface area contributed by atoms with Crippen LogP contribution in [0.25, 0.3) is 0 Å². The Morgan fingerprint density at radius 2 is 2.04 bits per heavy atom. The second kappa shape index (κ2) is 6.58. The molecule has 26 heavy (non-hydrogen) atoms. The molecule has 0 radical (unpaired) electrons. The summed E-state index contributed by atoms with van der Waals surface area (Å²) < 4.78 is 21.9. The number of imidazole rings is 1. The van der Waals surface area contributed by atoms with E-state index in [-0.39, 0.29) is 24.4 Å². The van der Waals surface area contributed by atoms with E-state index in [1.165, 1.54) is 12.1 Å². The van der Waals surface area contributed by atoms with Crippen molar-refractivity contribution in [2.75, 3.05) is 13.1 Å². The number of carbonyl (C=O) groups excluding carboxylic acids is 1. The van der Waals surface area contributed by atoms with Crippen LogP contribution in [0.4, 0.5) is 4.39 Å². The van der Waals surface area contributed by atoms with Crippen LogP contribution in [0.3, 0.4) is 0 Å². The van der Waals surface area contributed by atoms with E-state index in [1.807, 2.05) is 7.05 Å². The van der Waals surface area contributed by atoms with Gasteiger partial charge in [-0.1, -0.05) is 5.21 Å². The van der Waals surface area contributed by atoms with Gasteiger partial charge >= 0.3 is 0 Å². The smallest absolute Gasteiger partial charge is 0.274 e. The third-order valence-corrected chi connectivity index (χ3v) is 4.21. The topological polar surface area (TPSA) is 78.1 Å². The van der Waals surface area contributed by atoms with Gasteiger partial charge in [0, 0.05) is 26.3 Å². The normalized spacial score (nSPS) is 14.3. The van der Waals surface area contributed by atoms with Crippen LogP contribution in [0.15, 0.2) is 43.0 Å². The van der Waals surface area contributed by atoms with Crippen LogP contribution >= 0.6 is 0 Å². The van der Waals surface area contributed by atoms with Gasteiger partial charge < -0.3 is 14.2 Å². The number of nitrogens with zero attached hydrogens (tertiary/aromatic N) is 6. The summed E-state index contributed by atoms with van der Waals surface area (Å²) in [5.74, 6) is 0.177. The van der Waals surface area contributed by atoms with Gasteiger partial charge in [-0.15, -0.1) is 5.10 Å². The number of amides is 1. The van der Waals surface area contributed by atoms with Crippen molar-refractivity contribution in [3.05, 3.63) is 60.2 Å². The fourth-order valence-electron chi connectivity index (χ4n) is 2.72. The summed E-state index contributed by atoms with van der Waals surface area (Å²) in [6.07, 6.45) is 5.11. The second-order valence-electron chi connectivity index (χ2n) is 6.22. The molecule has 8 nitrogen and oxygen atoms in total. The van der Waals surface area contributed by atoms with Gasteiger partial charge in [0.1, 0.15) is 29.6 Å². The van der Waals surface area contributed by atoms with Crippen LogP contribution in [-0.4, -0.2) is 48.4 Å². The summed E-state index contributed by atoms with van der Waals surface area (Å²) in [6.45, 7) is 1.38. The summed E-state index contributed by atoms with van der Waals surface area (Å²) in [7, 11) is 1.83. The highest BCUT2D eigenvalue weighted by atomic mass is 19.1. The molecule has 0 spiro atoms. The molecule has 1 amide bonds. The zero-order valence-electron chi connectivity index (χ0n) is 14.1. The minimum absolute atomic E-state index is 0.0816. The SMILES string of the molecule is Cn1cnc(C(=O)N2CC(n3cc(COc4ccc(F)cc4)nn3)C2)c1. The number of hydrogen-bond acceptors (Lipinski definition) is 5. The van der Waals surface area contributed by atoms with Crippen LogP contribution in [0.2, 0.25) is 0 Å². The van der Waals surface area contributed by atoms with E-state index in [1.54, 1.807) is 45.0 Å². The lowest BCUT2D eigenvalue weighted by Crippen LogP contribution is -2.51. The number of carbonyl (C=O) groups is 1. The van der Waals surface area contributed by atoms with Crippen molar-refractivity contribution in [1.82, 2.24) is 29.4 Å². The Morgan fingerprint density at radius 1 is 1.27 bits per heavy atom. The molecule has 1 aliphatic heterocycles. The van der Waals surface area contributed by atoms with Crippen molar-refractivity contribution in [1.29, 1.82) is 0 Å². The monoisotopic (exact) mass is 356 g/mol. The van der Waals surface area contributed by atoms with Gasteiger partial charge in [0.15, 0.2) is 0 Å². The molecule has 1 saturated heterocycles. The van der Waals surface area contributed by atoms with Crippen molar-refractivity contribution in [3.63, 3.8) is 0 Å². The van der Waals surface area contributed by atoms with Crippen molar-refractivity contribution in [2.45, 2.75) is 12.6 Å². The van der Waals surface area contributed by atoms with Crippen LogP contribution in [-0.2, 0) is 13.7 Å². The lowest BCUT2D eigenvalue weighted by atomic mass is 10.1. The third kappa shape index (κ3) is 3.28. The number of aromatic nitrogens is 5. The highest BCUT2D eigenvalue weighted by Gasteiger charge is 2.34. The molecule has 0 saturated carbocycles. The Bertz CT molecular complexity index is 913. The summed E-state index contributed by atoms with van der Waals surface area (Å²) in [5, 5.41) is 8.18. The molecule has 1 aromatic carbocycles. The molecule has 2 aromatic heterocycles. The molecule has 0 aliphatic carbocycles. The first kappa shape index (κ1) is 16.2. The Balaban J connectivity index is 1.30. The summed E-state index contributed by atoms with van der Waals surface area (Å²) >= 11 is 0. The molecule has 134 valence electrons. The van der Waals surface area contributed by atoms with Gasteiger partial charge in [-0.25, -0.2) is 14.1 Å². The number of hydrogen-bond donors (Lipinski definition) is 0. The van der Waals surface area contributed by atoms with E-state index in [0.29, 0.717) is 30.2 Å². The number of likely N-dealkylation sites (tertiary alicyclic amines) is 1. The second-order valence-corrected chi connectivity index (χ2v) is 6.22. The third-order valence-electron chi connectivity index (χ3n) is 4.21. The van der Waals surface area contributed by atoms with Crippen LogP contribution < -0.4 is 4.74 Å². The Morgan fingerprint density at radius 3 is 2.73 bits per heavy atom. The van der Waals surface area contributed by atoms with E-state index >= 15 is 0 Å². The molecular weight excluding hydrogens is 339 g/mol. The van der Waals surface area contributed by atoms with E-state index in [4.69, 9.17) is 4.74 Å².